The van der Waals surface area contributed by atoms with E-state index in [4.69, 9.17) is 0 Å². The van der Waals surface area contributed by atoms with Gasteiger partial charge in [0.15, 0.2) is 0 Å². The molecule has 3 rings (SSSR count). The van der Waals surface area contributed by atoms with Crippen molar-refractivity contribution in [1.82, 2.24) is 9.62 Å². The lowest BCUT2D eigenvalue weighted by atomic mass is 9.97. The average Bonchev–Trinajstić information content (AvgIpc) is 3.14. The number of hydrogen-bond donors (Lipinski definition) is 1. The van der Waals surface area contributed by atoms with Crippen LogP contribution in [0.3, 0.4) is 0 Å². The smallest absolute Gasteiger partial charge is 0.241 e. The minimum Gasteiger partial charge on any atom is -0.341 e. The molecule has 0 saturated carbocycles. The van der Waals surface area contributed by atoms with Crippen molar-refractivity contribution in [3.05, 3.63) is 23.8 Å². The fourth-order valence-electron chi connectivity index (χ4n) is 4.29. The topological polar surface area (TPSA) is 86.8 Å². The van der Waals surface area contributed by atoms with Gasteiger partial charge in [0.05, 0.1) is 4.90 Å². The molecule has 1 aromatic carbocycles. The van der Waals surface area contributed by atoms with Gasteiger partial charge in [-0.05, 0) is 54.9 Å². The van der Waals surface area contributed by atoms with Gasteiger partial charge < -0.3 is 9.80 Å². The highest BCUT2D eigenvalue weighted by molar-refractivity contribution is 7.89. The fourth-order valence-corrected chi connectivity index (χ4v) is 5.68. The lowest BCUT2D eigenvalue weighted by molar-refractivity contribution is -0.135. The third-order valence-electron chi connectivity index (χ3n) is 6.04. The Kier molecular flexibility index (Phi) is 6.87. The zero-order chi connectivity index (χ0) is 22.1. The number of amides is 2. The molecule has 2 heterocycles. The number of nitrogens with one attached hydrogen (secondary N) is 1. The number of carbonyl (C=O) groups excluding carboxylic acids is 2. The molecule has 2 unspecified atom stereocenters. The third kappa shape index (κ3) is 4.70. The van der Waals surface area contributed by atoms with Gasteiger partial charge in [-0.1, -0.05) is 27.7 Å². The molecule has 1 saturated heterocycles. The summed E-state index contributed by atoms with van der Waals surface area (Å²) in [6, 6.07) is 4.05. The van der Waals surface area contributed by atoms with Crippen molar-refractivity contribution in [2.24, 2.45) is 11.8 Å². The second kappa shape index (κ2) is 9.06. The summed E-state index contributed by atoms with van der Waals surface area (Å²) in [5.41, 5.74) is 1.62. The van der Waals surface area contributed by atoms with Crippen molar-refractivity contribution in [3.8, 4) is 0 Å². The van der Waals surface area contributed by atoms with Gasteiger partial charge in [0.25, 0.3) is 0 Å². The summed E-state index contributed by atoms with van der Waals surface area (Å²) in [4.78, 5) is 28.8. The van der Waals surface area contributed by atoms with E-state index in [-0.39, 0.29) is 22.6 Å². The van der Waals surface area contributed by atoms with Gasteiger partial charge in [-0.25, -0.2) is 8.42 Å². The molecule has 1 aromatic rings. The third-order valence-corrected chi connectivity index (χ3v) is 7.48. The standard InChI is InChI=1S/C22H33N3O4S/c1-5-20(26)25-12-10-17-13-18(8-9-19(17)25)30(28,29)23-21(15(2)3)22(27)24-11-6-7-16(4)14-24/h8-9,13,15-16,21,23H,5-7,10-12,14H2,1-4H3. The molecule has 1 fully saturated rings. The van der Waals surface area contributed by atoms with Gasteiger partial charge in [-0.3, -0.25) is 9.59 Å². The Labute approximate surface area is 179 Å². The number of benzene rings is 1. The molecule has 2 aliphatic rings. The Morgan fingerprint density at radius 2 is 1.97 bits per heavy atom. The number of hydrogen-bond acceptors (Lipinski definition) is 4. The summed E-state index contributed by atoms with van der Waals surface area (Å²) >= 11 is 0. The number of anilines is 1. The van der Waals surface area contributed by atoms with E-state index in [0.717, 1.165) is 24.1 Å². The molecule has 0 spiro atoms. The van der Waals surface area contributed by atoms with Crippen molar-refractivity contribution >= 4 is 27.5 Å². The molecule has 1 N–H and O–H groups in total. The van der Waals surface area contributed by atoms with Crippen LogP contribution in [0.5, 0.6) is 0 Å². The van der Waals surface area contributed by atoms with Crippen LogP contribution in [0.4, 0.5) is 5.69 Å². The molecule has 8 heteroatoms. The predicted octanol–water partition coefficient (Wildman–Crippen LogP) is 2.55. The van der Waals surface area contributed by atoms with Crippen LogP contribution in [0, 0.1) is 11.8 Å². The predicted molar refractivity (Wildman–Crippen MR) is 117 cm³/mol. The van der Waals surface area contributed by atoms with Crippen LogP contribution >= 0.6 is 0 Å². The maximum absolute atomic E-state index is 13.1. The summed E-state index contributed by atoms with van der Waals surface area (Å²) in [7, 11) is -3.87. The van der Waals surface area contributed by atoms with Crippen LogP contribution in [0.25, 0.3) is 0 Å². The fraction of sp³-hybridized carbons (Fsp3) is 0.636. The molecule has 7 nitrogen and oxygen atoms in total. The second-order valence-corrected chi connectivity index (χ2v) is 10.5. The minimum atomic E-state index is -3.87. The summed E-state index contributed by atoms with van der Waals surface area (Å²) in [5.74, 6) is 0.138. The molecule has 0 aromatic heterocycles. The highest BCUT2D eigenvalue weighted by Gasteiger charge is 2.34. The van der Waals surface area contributed by atoms with E-state index in [0.29, 0.717) is 38.4 Å². The Morgan fingerprint density at radius 1 is 1.23 bits per heavy atom. The molecule has 2 amide bonds. The zero-order valence-electron chi connectivity index (χ0n) is 18.3. The maximum Gasteiger partial charge on any atom is 0.241 e. The molecule has 0 aliphatic carbocycles. The van der Waals surface area contributed by atoms with Gasteiger partial charge in [0.2, 0.25) is 21.8 Å². The molecular weight excluding hydrogens is 402 g/mol. The van der Waals surface area contributed by atoms with E-state index in [9.17, 15) is 18.0 Å². The van der Waals surface area contributed by atoms with Gasteiger partial charge in [0, 0.05) is 31.7 Å². The number of likely N-dealkylation sites (tertiary alicyclic amines) is 1. The number of fused-ring (bicyclic) bond motifs is 1. The Morgan fingerprint density at radius 3 is 2.60 bits per heavy atom. The Hall–Kier alpha value is -1.93. The Bertz CT molecular complexity index is 913. The largest absolute Gasteiger partial charge is 0.341 e. The van der Waals surface area contributed by atoms with Crippen molar-refractivity contribution in [2.45, 2.75) is 64.3 Å². The minimum absolute atomic E-state index is 0.0312. The number of carbonyl (C=O) groups is 2. The molecule has 30 heavy (non-hydrogen) atoms. The van der Waals surface area contributed by atoms with E-state index in [1.54, 1.807) is 21.9 Å². The number of piperidine rings is 1. The highest BCUT2D eigenvalue weighted by Crippen LogP contribution is 2.31. The summed E-state index contributed by atoms with van der Waals surface area (Å²) < 4.78 is 28.9. The molecule has 0 radical (unpaired) electrons. The van der Waals surface area contributed by atoms with Crippen molar-refractivity contribution in [1.29, 1.82) is 0 Å². The van der Waals surface area contributed by atoms with E-state index < -0.39 is 16.1 Å². The van der Waals surface area contributed by atoms with Gasteiger partial charge >= 0.3 is 0 Å². The van der Waals surface area contributed by atoms with Crippen molar-refractivity contribution < 1.29 is 18.0 Å². The average molecular weight is 436 g/mol. The van der Waals surface area contributed by atoms with E-state index in [1.807, 2.05) is 20.8 Å². The summed E-state index contributed by atoms with van der Waals surface area (Å²) in [6.45, 7) is 9.56. The number of rotatable bonds is 6. The first-order chi connectivity index (χ1) is 14.1. The molecular formula is C22H33N3O4S. The van der Waals surface area contributed by atoms with Crippen LogP contribution in [-0.4, -0.2) is 50.8 Å². The first kappa shape index (κ1) is 22.7. The normalized spacial score (nSPS) is 20.4. The summed E-state index contributed by atoms with van der Waals surface area (Å²) in [6.07, 6.45) is 3.08. The molecule has 2 aliphatic heterocycles. The van der Waals surface area contributed by atoms with Crippen LogP contribution in [0.1, 0.15) is 52.5 Å². The van der Waals surface area contributed by atoms with Gasteiger partial charge in [-0.2, -0.15) is 4.72 Å². The van der Waals surface area contributed by atoms with Crippen LogP contribution in [0.2, 0.25) is 0 Å². The van der Waals surface area contributed by atoms with Crippen LogP contribution in [0.15, 0.2) is 23.1 Å². The maximum atomic E-state index is 13.1. The zero-order valence-corrected chi connectivity index (χ0v) is 19.2. The monoisotopic (exact) mass is 435 g/mol. The molecule has 166 valence electrons. The highest BCUT2D eigenvalue weighted by atomic mass is 32.2. The summed E-state index contributed by atoms with van der Waals surface area (Å²) in [5, 5.41) is 0. The first-order valence-electron chi connectivity index (χ1n) is 10.9. The number of sulfonamides is 1. The van der Waals surface area contributed by atoms with Crippen molar-refractivity contribution in [2.75, 3.05) is 24.5 Å². The van der Waals surface area contributed by atoms with E-state index in [1.165, 1.54) is 6.07 Å². The van der Waals surface area contributed by atoms with Crippen LogP contribution < -0.4 is 9.62 Å². The van der Waals surface area contributed by atoms with Crippen LogP contribution in [-0.2, 0) is 26.0 Å². The van der Waals surface area contributed by atoms with Gasteiger partial charge in [0.1, 0.15) is 6.04 Å². The van der Waals surface area contributed by atoms with Gasteiger partial charge in [-0.15, -0.1) is 0 Å². The Balaban J connectivity index is 1.80. The van der Waals surface area contributed by atoms with Crippen molar-refractivity contribution in [3.63, 3.8) is 0 Å². The lowest BCUT2D eigenvalue weighted by Crippen LogP contribution is -2.53. The molecule has 2 atom stereocenters. The van der Waals surface area contributed by atoms with E-state index >= 15 is 0 Å². The second-order valence-electron chi connectivity index (χ2n) is 8.81. The quantitative estimate of drug-likeness (QED) is 0.744. The number of nitrogens with zero attached hydrogens (tertiary/aromatic N) is 2. The lowest BCUT2D eigenvalue weighted by Gasteiger charge is -2.34. The van der Waals surface area contributed by atoms with E-state index in [2.05, 4.69) is 11.6 Å². The first-order valence-corrected chi connectivity index (χ1v) is 12.4. The SMILES string of the molecule is CCC(=O)N1CCc2cc(S(=O)(=O)NC(C(=O)N3CCCC(C)C3)C(C)C)ccc21. The molecule has 0 bridgehead atoms.